The zero-order valence-electron chi connectivity index (χ0n) is 14.1. The lowest BCUT2D eigenvalue weighted by atomic mass is 10.1. The number of benzene rings is 2. The number of rotatable bonds is 6. The van der Waals surface area contributed by atoms with Gasteiger partial charge in [-0.3, -0.25) is 10.1 Å². The first-order chi connectivity index (χ1) is 12.0. The van der Waals surface area contributed by atoms with Crippen LogP contribution < -0.4 is 5.32 Å². The number of nitro benzene ring substituents is 1. The van der Waals surface area contributed by atoms with E-state index in [1.54, 1.807) is 12.1 Å². The monoisotopic (exact) mass is 337 g/mol. The van der Waals surface area contributed by atoms with Gasteiger partial charge in [0, 0.05) is 30.3 Å². The molecule has 3 aromatic rings. The zero-order valence-corrected chi connectivity index (χ0v) is 14.1. The molecule has 0 aliphatic carbocycles. The molecule has 1 heterocycles. The van der Waals surface area contributed by atoms with Crippen LogP contribution in [0.15, 0.2) is 59.0 Å². The molecular weight excluding hydrogens is 318 g/mol. The molecule has 6 nitrogen and oxygen atoms in total. The lowest BCUT2D eigenvalue weighted by Crippen LogP contribution is -2.18. The second-order valence-corrected chi connectivity index (χ2v) is 5.84. The summed E-state index contributed by atoms with van der Waals surface area (Å²) in [6.45, 7) is 4.37. The largest absolute Gasteiger partial charge is 0.441 e. The molecular formula is C19H19N3O3. The van der Waals surface area contributed by atoms with Crippen molar-refractivity contribution >= 4 is 5.69 Å². The maximum atomic E-state index is 10.9. The summed E-state index contributed by atoms with van der Waals surface area (Å²) < 4.78 is 5.75. The number of hydrogen-bond acceptors (Lipinski definition) is 5. The Kier molecular flexibility index (Phi) is 4.90. The van der Waals surface area contributed by atoms with E-state index in [1.807, 2.05) is 50.2 Å². The van der Waals surface area contributed by atoms with Gasteiger partial charge in [-0.25, -0.2) is 4.98 Å². The van der Waals surface area contributed by atoms with Crippen LogP contribution in [0.5, 0.6) is 0 Å². The topological polar surface area (TPSA) is 81.2 Å². The Labute approximate surface area is 145 Å². The Balaban J connectivity index is 1.70. The van der Waals surface area contributed by atoms with Crippen LogP contribution in [-0.2, 0) is 6.54 Å². The third kappa shape index (κ3) is 3.92. The van der Waals surface area contributed by atoms with Crippen LogP contribution in [0.2, 0.25) is 0 Å². The van der Waals surface area contributed by atoms with E-state index in [0.717, 1.165) is 22.6 Å². The smallest absolute Gasteiger partial charge is 0.269 e. The Morgan fingerprint density at radius 3 is 2.68 bits per heavy atom. The van der Waals surface area contributed by atoms with E-state index in [-0.39, 0.29) is 16.7 Å². The maximum Gasteiger partial charge on any atom is 0.269 e. The van der Waals surface area contributed by atoms with Crippen molar-refractivity contribution in [2.75, 3.05) is 0 Å². The standard InChI is InChI=1S/C19H19N3O3/c1-13(16-9-6-10-17(11-16)22(23)24)20-12-18-14(2)25-19(21-18)15-7-4-3-5-8-15/h3-11,13,20H,12H2,1-2H3. The fourth-order valence-electron chi connectivity index (χ4n) is 2.57. The molecule has 0 aliphatic rings. The fourth-order valence-corrected chi connectivity index (χ4v) is 2.57. The molecule has 0 amide bonds. The van der Waals surface area contributed by atoms with Gasteiger partial charge in [-0.05, 0) is 31.5 Å². The van der Waals surface area contributed by atoms with Gasteiger partial charge in [0.1, 0.15) is 5.76 Å². The van der Waals surface area contributed by atoms with Gasteiger partial charge >= 0.3 is 0 Å². The number of hydrogen-bond donors (Lipinski definition) is 1. The Morgan fingerprint density at radius 1 is 1.20 bits per heavy atom. The van der Waals surface area contributed by atoms with E-state index in [0.29, 0.717) is 12.4 Å². The minimum Gasteiger partial charge on any atom is -0.441 e. The molecule has 1 unspecified atom stereocenters. The molecule has 2 aromatic carbocycles. The highest BCUT2D eigenvalue weighted by atomic mass is 16.6. The highest BCUT2D eigenvalue weighted by Gasteiger charge is 2.14. The van der Waals surface area contributed by atoms with Gasteiger partial charge in [-0.2, -0.15) is 0 Å². The van der Waals surface area contributed by atoms with E-state index in [2.05, 4.69) is 10.3 Å². The number of nitrogens with zero attached hydrogens (tertiary/aromatic N) is 2. The summed E-state index contributed by atoms with van der Waals surface area (Å²) in [6.07, 6.45) is 0. The van der Waals surface area contributed by atoms with Gasteiger partial charge in [-0.1, -0.05) is 30.3 Å². The Bertz CT molecular complexity index is 875. The number of nitrogens with one attached hydrogen (secondary N) is 1. The van der Waals surface area contributed by atoms with Crippen molar-refractivity contribution in [2.45, 2.75) is 26.4 Å². The van der Waals surface area contributed by atoms with Crippen molar-refractivity contribution in [3.8, 4) is 11.5 Å². The van der Waals surface area contributed by atoms with Crippen molar-refractivity contribution in [1.82, 2.24) is 10.3 Å². The molecule has 0 fully saturated rings. The van der Waals surface area contributed by atoms with E-state index in [4.69, 9.17) is 4.42 Å². The number of nitro groups is 1. The van der Waals surface area contributed by atoms with Crippen molar-refractivity contribution < 1.29 is 9.34 Å². The van der Waals surface area contributed by atoms with E-state index >= 15 is 0 Å². The van der Waals surface area contributed by atoms with E-state index < -0.39 is 0 Å². The molecule has 0 saturated carbocycles. The summed E-state index contributed by atoms with van der Waals surface area (Å²) in [6, 6.07) is 16.3. The van der Waals surface area contributed by atoms with Crippen molar-refractivity contribution in [1.29, 1.82) is 0 Å². The number of aromatic nitrogens is 1. The fraction of sp³-hybridized carbons (Fsp3) is 0.211. The van der Waals surface area contributed by atoms with E-state index in [9.17, 15) is 10.1 Å². The highest BCUT2D eigenvalue weighted by Crippen LogP contribution is 2.23. The summed E-state index contributed by atoms with van der Waals surface area (Å²) in [5, 5.41) is 14.2. The molecule has 1 aromatic heterocycles. The average Bonchev–Trinajstić information content (AvgIpc) is 3.01. The minimum absolute atomic E-state index is 0.0452. The van der Waals surface area contributed by atoms with Gasteiger partial charge in [-0.15, -0.1) is 0 Å². The summed E-state index contributed by atoms with van der Waals surface area (Å²) >= 11 is 0. The van der Waals surface area contributed by atoms with Gasteiger partial charge in [0.2, 0.25) is 5.89 Å². The Hall–Kier alpha value is -2.99. The number of aryl methyl sites for hydroxylation is 1. The predicted molar refractivity (Wildman–Crippen MR) is 95.0 cm³/mol. The molecule has 25 heavy (non-hydrogen) atoms. The molecule has 0 spiro atoms. The molecule has 0 saturated heterocycles. The molecule has 0 aliphatic heterocycles. The summed E-state index contributed by atoms with van der Waals surface area (Å²) in [5.74, 6) is 1.36. The summed E-state index contributed by atoms with van der Waals surface area (Å²) in [7, 11) is 0. The molecule has 1 atom stereocenters. The second kappa shape index (κ2) is 7.27. The van der Waals surface area contributed by atoms with Crippen LogP contribution in [0.3, 0.4) is 0 Å². The first-order valence-corrected chi connectivity index (χ1v) is 8.04. The average molecular weight is 337 g/mol. The molecule has 6 heteroatoms. The molecule has 128 valence electrons. The van der Waals surface area contributed by atoms with Crippen LogP contribution in [0.25, 0.3) is 11.5 Å². The number of non-ortho nitro benzene ring substituents is 1. The molecule has 3 rings (SSSR count). The zero-order chi connectivity index (χ0) is 17.8. The van der Waals surface area contributed by atoms with E-state index in [1.165, 1.54) is 6.07 Å². The van der Waals surface area contributed by atoms with Crippen molar-refractivity contribution in [3.05, 3.63) is 81.7 Å². The van der Waals surface area contributed by atoms with Crippen molar-refractivity contribution in [2.24, 2.45) is 0 Å². The normalized spacial score (nSPS) is 12.1. The molecule has 0 radical (unpaired) electrons. The maximum absolute atomic E-state index is 10.9. The van der Waals surface area contributed by atoms with Crippen LogP contribution in [0, 0.1) is 17.0 Å². The van der Waals surface area contributed by atoms with Crippen LogP contribution in [0.4, 0.5) is 5.69 Å². The summed E-state index contributed by atoms with van der Waals surface area (Å²) in [5.41, 5.74) is 2.72. The number of oxazole rings is 1. The lowest BCUT2D eigenvalue weighted by Gasteiger charge is -2.13. The highest BCUT2D eigenvalue weighted by molar-refractivity contribution is 5.53. The van der Waals surface area contributed by atoms with Gasteiger partial charge in [0.05, 0.1) is 10.6 Å². The molecule has 0 bridgehead atoms. The predicted octanol–water partition coefficient (Wildman–Crippen LogP) is 4.41. The van der Waals surface area contributed by atoms with Crippen LogP contribution in [0.1, 0.15) is 30.0 Å². The second-order valence-electron chi connectivity index (χ2n) is 5.84. The Morgan fingerprint density at radius 2 is 1.96 bits per heavy atom. The SMILES string of the molecule is Cc1oc(-c2ccccc2)nc1CNC(C)c1cccc([N+](=O)[O-])c1. The first-order valence-electron chi connectivity index (χ1n) is 8.04. The first kappa shape index (κ1) is 16.9. The van der Waals surface area contributed by atoms with Gasteiger partial charge in [0.25, 0.3) is 5.69 Å². The van der Waals surface area contributed by atoms with Crippen LogP contribution in [-0.4, -0.2) is 9.91 Å². The third-order valence-electron chi connectivity index (χ3n) is 4.07. The quantitative estimate of drug-likeness (QED) is 0.532. The lowest BCUT2D eigenvalue weighted by molar-refractivity contribution is -0.384. The summed E-state index contributed by atoms with van der Waals surface area (Å²) in [4.78, 5) is 15.1. The molecule has 1 N–H and O–H groups in total. The van der Waals surface area contributed by atoms with Crippen LogP contribution >= 0.6 is 0 Å². The minimum atomic E-state index is -0.385. The van der Waals surface area contributed by atoms with Gasteiger partial charge < -0.3 is 9.73 Å². The third-order valence-corrected chi connectivity index (χ3v) is 4.07. The van der Waals surface area contributed by atoms with Crippen molar-refractivity contribution in [3.63, 3.8) is 0 Å². The van der Waals surface area contributed by atoms with Gasteiger partial charge in [0.15, 0.2) is 0 Å².